The van der Waals surface area contributed by atoms with Gasteiger partial charge in [0, 0.05) is 3.57 Å². The second-order valence-corrected chi connectivity index (χ2v) is 8.56. The zero-order valence-corrected chi connectivity index (χ0v) is 13.8. The first-order valence-electron chi connectivity index (χ1n) is 6.00. The number of sulfone groups is 1. The fraction of sp³-hybridized carbons (Fsp3) is 0.462. The fourth-order valence-corrected chi connectivity index (χ4v) is 4.97. The van der Waals surface area contributed by atoms with E-state index >= 15 is 0 Å². The Morgan fingerprint density at radius 1 is 1.42 bits per heavy atom. The van der Waals surface area contributed by atoms with Gasteiger partial charge < -0.3 is 5.32 Å². The third-order valence-corrected chi connectivity index (χ3v) is 6.69. The summed E-state index contributed by atoms with van der Waals surface area (Å²) in [6.07, 6.45) is 0.476. The van der Waals surface area contributed by atoms with Gasteiger partial charge in [-0.3, -0.25) is 4.79 Å². The highest BCUT2D eigenvalue weighted by atomic mass is 127. The van der Waals surface area contributed by atoms with E-state index < -0.39 is 15.4 Å². The van der Waals surface area contributed by atoms with Gasteiger partial charge in [-0.2, -0.15) is 0 Å². The molecule has 0 bridgehead atoms. The van der Waals surface area contributed by atoms with Crippen LogP contribution in [0.2, 0.25) is 0 Å². The van der Waals surface area contributed by atoms with Crippen molar-refractivity contribution in [2.75, 3.05) is 11.5 Å². The minimum absolute atomic E-state index is 0.0220. The van der Waals surface area contributed by atoms with Gasteiger partial charge in [0.25, 0.3) is 5.91 Å². The Bertz CT molecular complexity index is 627. The number of carbonyl (C=O) groups excluding carboxylic acids is 1. The zero-order valence-electron chi connectivity index (χ0n) is 10.9. The van der Waals surface area contributed by atoms with E-state index in [2.05, 4.69) is 27.9 Å². The van der Waals surface area contributed by atoms with Gasteiger partial charge in [-0.1, -0.05) is 12.1 Å². The number of rotatable bonds is 2. The summed E-state index contributed by atoms with van der Waals surface area (Å²) in [6.45, 7) is 3.73. The average Bonchev–Trinajstić information content (AvgIpc) is 2.56. The Hall–Kier alpha value is -0.630. The van der Waals surface area contributed by atoms with Crippen LogP contribution in [-0.2, 0) is 9.84 Å². The minimum atomic E-state index is -3.02. The van der Waals surface area contributed by atoms with Crippen molar-refractivity contribution in [1.29, 1.82) is 0 Å². The van der Waals surface area contributed by atoms with Crippen LogP contribution in [0.5, 0.6) is 0 Å². The summed E-state index contributed by atoms with van der Waals surface area (Å²) < 4.78 is 24.0. The summed E-state index contributed by atoms with van der Waals surface area (Å²) in [6, 6.07) is 5.54. The van der Waals surface area contributed by atoms with Crippen LogP contribution in [0.25, 0.3) is 0 Å². The molecule has 1 saturated heterocycles. The Kier molecular flexibility index (Phi) is 3.92. The summed E-state index contributed by atoms with van der Waals surface area (Å²) >= 11 is 2.14. The number of benzene rings is 1. The van der Waals surface area contributed by atoms with Crippen LogP contribution < -0.4 is 5.32 Å². The highest BCUT2D eigenvalue weighted by Gasteiger charge is 2.39. The highest BCUT2D eigenvalue weighted by Crippen LogP contribution is 2.24. The number of hydrogen-bond donors (Lipinski definition) is 1. The van der Waals surface area contributed by atoms with E-state index in [1.807, 2.05) is 19.1 Å². The Labute approximate surface area is 127 Å². The third-order valence-electron chi connectivity index (χ3n) is 3.36. The molecule has 0 saturated carbocycles. The molecule has 2 rings (SSSR count). The van der Waals surface area contributed by atoms with E-state index in [1.54, 1.807) is 13.0 Å². The molecule has 1 amide bonds. The maximum atomic E-state index is 12.3. The van der Waals surface area contributed by atoms with E-state index in [0.717, 1.165) is 9.13 Å². The van der Waals surface area contributed by atoms with Crippen molar-refractivity contribution in [2.45, 2.75) is 25.8 Å². The van der Waals surface area contributed by atoms with Crippen molar-refractivity contribution >= 4 is 38.3 Å². The van der Waals surface area contributed by atoms with Gasteiger partial charge in [-0.05, 0) is 54.5 Å². The van der Waals surface area contributed by atoms with Gasteiger partial charge in [-0.25, -0.2) is 8.42 Å². The molecule has 6 heteroatoms. The number of halogens is 1. The predicted molar refractivity (Wildman–Crippen MR) is 83.0 cm³/mol. The molecule has 1 aromatic carbocycles. The predicted octanol–water partition coefficient (Wildman–Crippen LogP) is 1.91. The lowest BCUT2D eigenvalue weighted by Gasteiger charge is -2.24. The maximum Gasteiger partial charge on any atom is 0.252 e. The first-order valence-corrected chi connectivity index (χ1v) is 8.91. The van der Waals surface area contributed by atoms with Crippen LogP contribution in [0.3, 0.4) is 0 Å². The summed E-state index contributed by atoms with van der Waals surface area (Å²) in [5.41, 5.74) is 0.992. The lowest BCUT2D eigenvalue weighted by atomic mass is 10.0. The van der Waals surface area contributed by atoms with Gasteiger partial charge in [0.1, 0.15) is 0 Å². The molecule has 0 radical (unpaired) electrons. The SMILES string of the molecule is Cc1cccc(C(=O)NC2(C)CCS(=O)(=O)C2)c1I. The number of nitrogens with one attached hydrogen (secondary N) is 1. The molecule has 1 aliphatic heterocycles. The van der Waals surface area contributed by atoms with Crippen LogP contribution in [0, 0.1) is 10.5 Å². The molecule has 0 spiro atoms. The van der Waals surface area contributed by atoms with E-state index in [0.29, 0.717) is 12.0 Å². The molecule has 1 N–H and O–H groups in total. The normalized spacial score (nSPS) is 25.2. The van der Waals surface area contributed by atoms with Crippen molar-refractivity contribution < 1.29 is 13.2 Å². The number of carbonyl (C=O) groups is 1. The summed E-state index contributed by atoms with van der Waals surface area (Å²) in [4.78, 5) is 12.3. The smallest absolute Gasteiger partial charge is 0.252 e. The van der Waals surface area contributed by atoms with Gasteiger partial charge in [-0.15, -0.1) is 0 Å². The first kappa shape index (κ1) is 14.8. The van der Waals surface area contributed by atoms with Crippen LogP contribution in [-0.4, -0.2) is 31.4 Å². The fourth-order valence-electron chi connectivity index (χ4n) is 2.27. The molecular formula is C13H16INO3S. The molecule has 1 aliphatic rings. The zero-order chi connectivity index (χ0) is 14.3. The van der Waals surface area contributed by atoms with Gasteiger partial charge in [0.15, 0.2) is 9.84 Å². The average molecular weight is 393 g/mol. The van der Waals surface area contributed by atoms with Crippen LogP contribution in [0.1, 0.15) is 29.3 Å². The molecule has 1 unspecified atom stereocenters. The third kappa shape index (κ3) is 3.28. The summed E-state index contributed by atoms with van der Waals surface area (Å²) in [5, 5.41) is 2.87. The summed E-state index contributed by atoms with van der Waals surface area (Å²) in [5.74, 6) is -0.0317. The quantitative estimate of drug-likeness (QED) is 0.781. The van der Waals surface area contributed by atoms with Crippen molar-refractivity contribution in [3.8, 4) is 0 Å². The molecule has 1 atom stereocenters. The second-order valence-electron chi connectivity index (χ2n) is 5.29. The topological polar surface area (TPSA) is 63.2 Å². The maximum absolute atomic E-state index is 12.3. The minimum Gasteiger partial charge on any atom is -0.346 e. The van der Waals surface area contributed by atoms with E-state index in [-0.39, 0.29) is 17.4 Å². The van der Waals surface area contributed by atoms with Gasteiger partial charge in [0.2, 0.25) is 0 Å². The van der Waals surface area contributed by atoms with Gasteiger partial charge in [0.05, 0.1) is 22.6 Å². The summed E-state index contributed by atoms with van der Waals surface area (Å²) in [7, 11) is -3.02. The molecule has 1 fully saturated rings. The van der Waals surface area contributed by atoms with Gasteiger partial charge >= 0.3 is 0 Å². The molecule has 0 aliphatic carbocycles. The van der Waals surface area contributed by atoms with Crippen LogP contribution in [0.15, 0.2) is 18.2 Å². The highest BCUT2D eigenvalue weighted by molar-refractivity contribution is 14.1. The molecular weight excluding hydrogens is 377 g/mol. The largest absolute Gasteiger partial charge is 0.346 e. The molecule has 104 valence electrons. The number of amides is 1. The standard InChI is InChI=1S/C13H16INO3S/c1-9-4-3-5-10(11(9)14)12(16)15-13(2)6-7-19(17,18)8-13/h3-5H,6-8H2,1-2H3,(H,15,16). The first-order chi connectivity index (χ1) is 8.72. The number of hydrogen-bond acceptors (Lipinski definition) is 3. The lowest BCUT2D eigenvalue weighted by molar-refractivity contribution is 0.0914. The molecule has 0 aromatic heterocycles. The second kappa shape index (κ2) is 5.05. The van der Waals surface area contributed by atoms with Crippen molar-refractivity contribution in [2.24, 2.45) is 0 Å². The molecule has 1 heterocycles. The molecule has 19 heavy (non-hydrogen) atoms. The Morgan fingerprint density at radius 3 is 2.68 bits per heavy atom. The Morgan fingerprint density at radius 2 is 2.11 bits per heavy atom. The van der Waals surface area contributed by atoms with Crippen LogP contribution in [0.4, 0.5) is 0 Å². The Balaban J connectivity index is 2.21. The van der Waals surface area contributed by atoms with Crippen LogP contribution >= 0.6 is 22.6 Å². The van der Waals surface area contributed by atoms with Crippen molar-refractivity contribution in [1.82, 2.24) is 5.32 Å². The van der Waals surface area contributed by atoms with E-state index in [1.165, 1.54) is 0 Å². The molecule has 4 nitrogen and oxygen atoms in total. The lowest BCUT2D eigenvalue weighted by Crippen LogP contribution is -2.47. The monoisotopic (exact) mass is 393 g/mol. The number of aryl methyl sites for hydroxylation is 1. The molecule has 1 aromatic rings. The van der Waals surface area contributed by atoms with E-state index in [4.69, 9.17) is 0 Å². The van der Waals surface area contributed by atoms with Crippen molar-refractivity contribution in [3.05, 3.63) is 32.9 Å². The van der Waals surface area contributed by atoms with E-state index in [9.17, 15) is 13.2 Å². The van der Waals surface area contributed by atoms with Crippen molar-refractivity contribution in [3.63, 3.8) is 0 Å².